The van der Waals surface area contributed by atoms with E-state index < -0.39 is 0 Å². The first kappa shape index (κ1) is 18.6. The first-order valence-electron chi connectivity index (χ1n) is 7.46. The van der Waals surface area contributed by atoms with Crippen molar-refractivity contribution in [1.29, 1.82) is 0 Å². The van der Waals surface area contributed by atoms with Crippen molar-refractivity contribution in [3.63, 3.8) is 0 Å². The number of thiocarbonyl (C=S) groups is 1. The van der Waals surface area contributed by atoms with Gasteiger partial charge in [0, 0.05) is 6.54 Å². The average Bonchev–Trinajstić information content (AvgIpc) is 2.80. The van der Waals surface area contributed by atoms with Gasteiger partial charge in [-0.05, 0) is 29.7 Å². The van der Waals surface area contributed by atoms with Crippen molar-refractivity contribution in [3.05, 3.63) is 22.6 Å². The second kappa shape index (κ2) is 7.90. The molecule has 0 spiro atoms. The molecule has 7 heteroatoms. The second-order valence-corrected chi connectivity index (χ2v) is 7.32. The molecule has 1 heterocycles. The Bertz CT molecular complexity index is 660. The lowest BCUT2D eigenvalue weighted by Crippen LogP contribution is -2.31. The predicted octanol–water partition coefficient (Wildman–Crippen LogP) is 3.57. The molecular formula is C17H21NO4S2. The summed E-state index contributed by atoms with van der Waals surface area (Å²) in [4.78, 5) is 14.8. The quantitative estimate of drug-likeness (QED) is 0.566. The summed E-state index contributed by atoms with van der Waals surface area (Å²) < 4.78 is 16.6. The Labute approximate surface area is 151 Å². The van der Waals surface area contributed by atoms with Gasteiger partial charge in [0.05, 0.1) is 26.2 Å². The Morgan fingerprint density at radius 1 is 1.17 bits per heavy atom. The second-order valence-electron chi connectivity index (χ2n) is 5.64. The molecule has 2 rings (SSSR count). The highest BCUT2D eigenvalue weighted by atomic mass is 32.2. The van der Waals surface area contributed by atoms with Gasteiger partial charge in [-0.25, -0.2) is 0 Å². The normalized spacial score (nSPS) is 16.2. The van der Waals surface area contributed by atoms with Crippen molar-refractivity contribution in [2.75, 3.05) is 27.9 Å². The van der Waals surface area contributed by atoms with E-state index in [9.17, 15) is 4.79 Å². The molecule has 24 heavy (non-hydrogen) atoms. The Hall–Kier alpha value is -1.73. The number of ether oxygens (including phenoxy) is 3. The molecule has 1 aromatic carbocycles. The lowest BCUT2D eigenvalue weighted by molar-refractivity contribution is -0.122. The molecule has 1 amide bonds. The zero-order valence-electron chi connectivity index (χ0n) is 14.4. The van der Waals surface area contributed by atoms with Gasteiger partial charge in [0.1, 0.15) is 4.32 Å². The number of hydrogen-bond acceptors (Lipinski definition) is 6. The lowest BCUT2D eigenvalue weighted by Gasteiger charge is -2.16. The summed E-state index contributed by atoms with van der Waals surface area (Å²) in [5.41, 5.74) is 0.787. The SMILES string of the molecule is COc1cc(/C=C2\SC(=S)N(CC(C)C)C2=O)cc(OC)c1OC. The first-order chi connectivity index (χ1) is 11.4. The van der Waals surface area contributed by atoms with Crippen LogP contribution >= 0.6 is 24.0 Å². The third-order valence-electron chi connectivity index (χ3n) is 3.41. The van der Waals surface area contributed by atoms with E-state index in [1.165, 1.54) is 11.8 Å². The van der Waals surface area contributed by atoms with Gasteiger partial charge in [0.25, 0.3) is 5.91 Å². The highest BCUT2D eigenvalue weighted by Gasteiger charge is 2.32. The summed E-state index contributed by atoms with van der Waals surface area (Å²) in [5, 5.41) is 0. The summed E-state index contributed by atoms with van der Waals surface area (Å²) in [5.74, 6) is 1.89. The molecule has 1 aromatic rings. The number of carbonyl (C=O) groups is 1. The van der Waals surface area contributed by atoms with E-state index in [-0.39, 0.29) is 5.91 Å². The number of amides is 1. The van der Waals surface area contributed by atoms with E-state index in [1.54, 1.807) is 44.4 Å². The molecule has 0 saturated carbocycles. The highest BCUT2D eigenvalue weighted by Crippen LogP contribution is 2.40. The monoisotopic (exact) mass is 367 g/mol. The summed E-state index contributed by atoms with van der Waals surface area (Å²) in [6.45, 7) is 4.74. The van der Waals surface area contributed by atoms with E-state index in [0.717, 1.165) is 5.56 Å². The molecule has 5 nitrogen and oxygen atoms in total. The van der Waals surface area contributed by atoms with Crippen LogP contribution in [0.4, 0.5) is 0 Å². The number of methoxy groups -OCH3 is 3. The Kier molecular flexibility index (Phi) is 6.12. The van der Waals surface area contributed by atoms with E-state index >= 15 is 0 Å². The summed E-state index contributed by atoms with van der Waals surface area (Å²) in [6, 6.07) is 3.60. The van der Waals surface area contributed by atoms with Gasteiger partial charge in [0.2, 0.25) is 5.75 Å². The third kappa shape index (κ3) is 3.84. The van der Waals surface area contributed by atoms with Crippen LogP contribution in [0.2, 0.25) is 0 Å². The van der Waals surface area contributed by atoms with Gasteiger partial charge in [-0.15, -0.1) is 0 Å². The van der Waals surface area contributed by atoms with Crippen molar-refractivity contribution in [2.24, 2.45) is 5.92 Å². The molecule has 0 aromatic heterocycles. The van der Waals surface area contributed by atoms with Gasteiger partial charge in [-0.2, -0.15) is 0 Å². The molecule has 1 aliphatic rings. The summed E-state index contributed by atoms with van der Waals surface area (Å²) >= 11 is 6.64. The van der Waals surface area contributed by atoms with Gasteiger partial charge in [-0.1, -0.05) is 37.8 Å². The van der Waals surface area contributed by atoms with Crippen molar-refractivity contribution < 1.29 is 19.0 Å². The maximum atomic E-state index is 12.5. The fourth-order valence-electron chi connectivity index (χ4n) is 2.36. The zero-order chi connectivity index (χ0) is 17.9. The molecule has 0 radical (unpaired) electrons. The Morgan fingerprint density at radius 3 is 2.21 bits per heavy atom. The van der Waals surface area contributed by atoms with Crippen molar-refractivity contribution >= 4 is 40.3 Å². The molecule has 1 aliphatic heterocycles. The van der Waals surface area contributed by atoms with E-state index in [2.05, 4.69) is 13.8 Å². The van der Waals surface area contributed by atoms with E-state index in [4.69, 9.17) is 26.4 Å². The fourth-order valence-corrected chi connectivity index (χ4v) is 3.63. The number of benzene rings is 1. The highest BCUT2D eigenvalue weighted by molar-refractivity contribution is 8.26. The summed E-state index contributed by atoms with van der Waals surface area (Å²) in [6.07, 6.45) is 1.80. The smallest absolute Gasteiger partial charge is 0.266 e. The van der Waals surface area contributed by atoms with Crippen LogP contribution in [0.3, 0.4) is 0 Å². The molecule has 0 N–H and O–H groups in total. The van der Waals surface area contributed by atoms with Crippen molar-refractivity contribution in [1.82, 2.24) is 4.90 Å². The molecular weight excluding hydrogens is 346 g/mol. The van der Waals surface area contributed by atoms with E-state index in [1.807, 2.05) is 0 Å². The largest absolute Gasteiger partial charge is 0.493 e. The minimum absolute atomic E-state index is 0.0625. The molecule has 0 unspecified atom stereocenters. The minimum atomic E-state index is -0.0625. The predicted molar refractivity (Wildman–Crippen MR) is 101 cm³/mol. The van der Waals surface area contributed by atoms with Crippen LogP contribution in [0.5, 0.6) is 17.2 Å². The topological polar surface area (TPSA) is 48.0 Å². The lowest BCUT2D eigenvalue weighted by atomic mass is 10.1. The zero-order valence-corrected chi connectivity index (χ0v) is 16.0. The van der Waals surface area contributed by atoms with Crippen LogP contribution in [0.1, 0.15) is 19.4 Å². The van der Waals surface area contributed by atoms with Crippen LogP contribution in [0, 0.1) is 5.92 Å². The van der Waals surface area contributed by atoms with Crippen LogP contribution in [-0.2, 0) is 4.79 Å². The first-order valence-corrected chi connectivity index (χ1v) is 8.69. The van der Waals surface area contributed by atoms with Crippen molar-refractivity contribution in [2.45, 2.75) is 13.8 Å². The maximum absolute atomic E-state index is 12.5. The van der Waals surface area contributed by atoms with Crippen molar-refractivity contribution in [3.8, 4) is 17.2 Å². The Balaban J connectivity index is 2.38. The van der Waals surface area contributed by atoms with Crippen LogP contribution in [0.25, 0.3) is 6.08 Å². The molecule has 0 aliphatic carbocycles. The molecule has 130 valence electrons. The van der Waals surface area contributed by atoms with E-state index in [0.29, 0.717) is 38.9 Å². The number of rotatable bonds is 6. The number of thioether (sulfide) groups is 1. The average molecular weight is 367 g/mol. The fraction of sp³-hybridized carbons (Fsp3) is 0.412. The molecule has 1 fully saturated rings. The minimum Gasteiger partial charge on any atom is -0.493 e. The molecule has 0 atom stereocenters. The summed E-state index contributed by atoms with van der Waals surface area (Å²) in [7, 11) is 4.67. The van der Waals surface area contributed by atoms with Gasteiger partial charge >= 0.3 is 0 Å². The third-order valence-corrected chi connectivity index (χ3v) is 4.78. The molecule has 0 bridgehead atoms. The number of hydrogen-bond donors (Lipinski definition) is 0. The van der Waals surface area contributed by atoms with Crippen LogP contribution in [-0.4, -0.2) is 43.0 Å². The van der Waals surface area contributed by atoms with Gasteiger partial charge < -0.3 is 14.2 Å². The molecule has 1 saturated heterocycles. The van der Waals surface area contributed by atoms with Gasteiger partial charge in [-0.3, -0.25) is 9.69 Å². The maximum Gasteiger partial charge on any atom is 0.266 e. The Morgan fingerprint density at radius 2 is 1.75 bits per heavy atom. The number of carbonyl (C=O) groups excluding carboxylic acids is 1. The van der Waals surface area contributed by atoms with Gasteiger partial charge in [0.15, 0.2) is 11.5 Å². The van der Waals surface area contributed by atoms with Crippen LogP contribution in [0.15, 0.2) is 17.0 Å². The number of nitrogens with zero attached hydrogens (tertiary/aromatic N) is 1. The van der Waals surface area contributed by atoms with Crippen LogP contribution < -0.4 is 14.2 Å². The standard InChI is InChI=1S/C17H21NO4S2/c1-10(2)9-18-16(19)14(24-17(18)23)8-11-6-12(20-3)15(22-5)13(7-11)21-4/h6-8,10H,9H2,1-5H3/b14-8-.